The molecule has 0 bridgehead atoms. The standard InChI is InChI=1S/C60H61ClN10O11S2/c1-60(2)20-18-39(46(30-60)37-8-10-40(61)11-9-37)34-67-23-25-68(26-24-67)41-12-14-44(50(28-41)82-42-27-38-19-21-62-55(38)64-32-42)56(74)66-84(80,81)43-13-15-47(49(29-43)71(78)79)63-31-36-5-4-22-69(33-36)53(73)35-83-51-7-3-6-45-54(51)59(77)70(58(45)76)48-16-17-52(72)65-57(48)75/h3,6-15,19,21,27-29,32,36,48,63H,4-5,16-18,20,22-26,30-31,33-35H2,1-2H3,(H,62,64)(H,66,74)(H,65,72,75). The molecule has 2 unspecified atom stereocenters. The lowest BCUT2D eigenvalue weighted by atomic mass is 9.72. The number of pyridine rings is 1. The van der Waals surface area contributed by atoms with Crippen LogP contribution < -0.4 is 25.0 Å². The van der Waals surface area contributed by atoms with Gasteiger partial charge in [0.05, 0.1) is 38.5 Å². The molecule has 11 rings (SSSR count). The van der Waals surface area contributed by atoms with Gasteiger partial charge in [0.25, 0.3) is 33.4 Å². The van der Waals surface area contributed by atoms with Gasteiger partial charge in [0.15, 0.2) is 0 Å². The number of carbonyl (C=O) groups excluding carboxylic acids is 6. The van der Waals surface area contributed by atoms with Crippen molar-refractivity contribution >= 4 is 102 Å². The third-order valence-corrected chi connectivity index (χ3v) is 18.9. The van der Waals surface area contributed by atoms with Crippen LogP contribution in [0.2, 0.25) is 5.02 Å². The summed E-state index contributed by atoms with van der Waals surface area (Å²) in [4.78, 5) is 105. The second-order valence-corrected chi connectivity index (χ2v) is 25.7. The SMILES string of the molecule is CC1(C)CCC(CN2CCN(c3ccc(C(=O)NS(=O)(=O)c4ccc(NCC5CCCN(C(=O)CSc6cccc7c6C(=O)N(C6CCC(=O)NC6=O)C7=O)C5)c([N+](=O)[O-])c4)c(Oc4cnc5[nH]ccc5c4)c3)CC2)=C(c2ccc(Cl)cc2)C1. The van der Waals surface area contributed by atoms with Gasteiger partial charge >= 0.3 is 0 Å². The number of halogens is 1. The van der Waals surface area contributed by atoms with Gasteiger partial charge < -0.3 is 24.8 Å². The maximum Gasteiger partial charge on any atom is 0.293 e. The lowest BCUT2D eigenvalue weighted by Gasteiger charge is -2.39. The summed E-state index contributed by atoms with van der Waals surface area (Å²) in [5.41, 5.74) is 5.19. The zero-order valence-corrected chi connectivity index (χ0v) is 48.5. The van der Waals surface area contributed by atoms with Crippen molar-refractivity contribution in [1.29, 1.82) is 0 Å². The Labute approximate surface area is 493 Å². The largest absolute Gasteiger partial charge is 0.455 e. The van der Waals surface area contributed by atoms with E-state index in [9.17, 15) is 47.3 Å². The summed E-state index contributed by atoms with van der Waals surface area (Å²) in [5.74, 6) is -3.63. The number of likely N-dealkylation sites (tertiary alicyclic amines) is 1. The first-order valence-electron chi connectivity index (χ1n) is 27.8. The molecule has 6 aromatic rings. The summed E-state index contributed by atoms with van der Waals surface area (Å²) < 4.78 is 36.5. The van der Waals surface area contributed by atoms with Crippen LogP contribution >= 0.6 is 23.4 Å². The van der Waals surface area contributed by atoms with Crippen molar-refractivity contribution in [2.75, 3.05) is 68.3 Å². The Balaban J connectivity index is 0.735. The minimum absolute atomic E-state index is 0.0102. The Hall–Kier alpha value is -8.12. The Bertz CT molecular complexity index is 3810. The highest BCUT2D eigenvalue weighted by Gasteiger charge is 2.46. The number of nitro groups is 1. The summed E-state index contributed by atoms with van der Waals surface area (Å²) in [6, 6.07) is 23.5. The maximum atomic E-state index is 14.2. The summed E-state index contributed by atoms with van der Waals surface area (Å²) >= 11 is 7.35. The second-order valence-electron chi connectivity index (χ2n) is 22.6. The molecule has 6 amide bonds. The summed E-state index contributed by atoms with van der Waals surface area (Å²) in [6.45, 7) is 9.34. The summed E-state index contributed by atoms with van der Waals surface area (Å²) in [5, 5.41) is 19.3. The van der Waals surface area contributed by atoms with Gasteiger partial charge in [0.2, 0.25) is 17.7 Å². The molecule has 2 aromatic heterocycles. The number of imide groups is 2. The van der Waals surface area contributed by atoms with Gasteiger partial charge in [-0.1, -0.05) is 49.2 Å². The Morgan fingerprint density at radius 2 is 1.73 bits per heavy atom. The number of hydrogen-bond donors (Lipinski definition) is 4. The van der Waals surface area contributed by atoms with E-state index in [1.807, 2.05) is 18.2 Å². The lowest BCUT2D eigenvalue weighted by Crippen LogP contribution is -2.54. The topological polar surface area (TPSA) is 267 Å². The average Bonchev–Trinajstić information content (AvgIpc) is 3.21. The number of nitro benzene ring substituents is 1. The predicted molar refractivity (Wildman–Crippen MR) is 317 cm³/mol. The van der Waals surface area contributed by atoms with E-state index in [2.05, 4.69) is 61.1 Å². The Kier molecular flexibility index (Phi) is 16.4. The van der Waals surface area contributed by atoms with E-state index in [1.165, 1.54) is 47.2 Å². The first kappa shape index (κ1) is 57.7. The van der Waals surface area contributed by atoms with Gasteiger partial charge in [-0.3, -0.25) is 54.0 Å². The first-order chi connectivity index (χ1) is 40.3. The van der Waals surface area contributed by atoms with E-state index in [0.29, 0.717) is 60.3 Å². The minimum Gasteiger partial charge on any atom is -0.455 e. The number of nitrogens with zero attached hydrogens (tertiary/aromatic N) is 6. The molecule has 3 fully saturated rings. The Morgan fingerprint density at radius 3 is 2.50 bits per heavy atom. The number of hydrogen-bond acceptors (Lipinski definition) is 16. The molecule has 21 nitrogen and oxygen atoms in total. The van der Waals surface area contributed by atoms with Crippen molar-refractivity contribution in [3.05, 3.63) is 146 Å². The van der Waals surface area contributed by atoms with Crippen LogP contribution in [-0.4, -0.2) is 138 Å². The highest BCUT2D eigenvalue weighted by Crippen LogP contribution is 2.44. The van der Waals surface area contributed by atoms with E-state index in [1.54, 1.807) is 41.4 Å². The fourth-order valence-electron chi connectivity index (χ4n) is 11.7. The predicted octanol–water partition coefficient (Wildman–Crippen LogP) is 8.67. The minimum atomic E-state index is -4.71. The normalized spacial score (nSPS) is 19.3. The number of H-pyrrole nitrogens is 1. The molecule has 1 aliphatic carbocycles. The van der Waals surface area contributed by atoms with Crippen LogP contribution in [0.25, 0.3) is 16.6 Å². The van der Waals surface area contributed by atoms with Gasteiger partial charge in [-0.15, -0.1) is 11.8 Å². The molecule has 0 saturated carbocycles. The van der Waals surface area contributed by atoms with Crippen LogP contribution in [0.15, 0.2) is 119 Å². The Morgan fingerprint density at radius 1 is 0.929 bits per heavy atom. The van der Waals surface area contributed by atoms with Gasteiger partial charge in [-0.25, -0.2) is 18.1 Å². The van der Waals surface area contributed by atoms with Crippen LogP contribution in [0.3, 0.4) is 0 Å². The third kappa shape index (κ3) is 12.4. The molecule has 4 N–H and O–H groups in total. The summed E-state index contributed by atoms with van der Waals surface area (Å²) in [7, 11) is -4.71. The molecule has 4 aliphatic heterocycles. The molecule has 4 aromatic carbocycles. The van der Waals surface area contributed by atoms with E-state index < -0.39 is 61.1 Å². The molecule has 0 radical (unpaired) electrons. The summed E-state index contributed by atoms with van der Waals surface area (Å²) in [6.07, 6.45) is 7.64. The number of carbonyl (C=O) groups is 6. The zero-order valence-electron chi connectivity index (χ0n) is 46.2. The first-order valence-corrected chi connectivity index (χ1v) is 30.7. The highest BCUT2D eigenvalue weighted by atomic mass is 35.5. The van der Waals surface area contributed by atoms with Crippen molar-refractivity contribution < 1.29 is 46.8 Å². The number of rotatable bonds is 17. The van der Waals surface area contributed by atoms with Gasteiger partial charge in [-0.2, -0.15) is 0 Å². The van der Waals surface area contributed by atoms with Gasteiger partial charge in [0.1, 0.15) is 28.9 Å². The molecule has 24 heteroatoms. The van der Waals surface area contributed by atoms with E-state index in [-0.39, 0.29) is 70.5 Å². The van der Waals surface area contributed by atoms with E-state index >= 15 is 0 Å². The highest BCUT2D eigenvalue weighted by molar-refractivity contribution is 8.00. The number of piperazine rings is 1. The van der Waals surface area contributed by atoms with Crippen molar-refractivity contribution in [2.24, 2.45) is 11.3 Å². The van der Waals surface area contributed by atoms with Crippen LogP contribution in [0.1, 0.15) is 95.4 Å². The number of fused-ring (bicyclic) bond motifs is 2. The molecule has 2 atom stereocenters. The number of ether oxygens (including phenoxy) is 1. The smallest absolute Gasteiger partial charge is 0.293 e. The number of piperidine rings is 2. The van der Waals surface area contributed by atoms with Crippen molar-refractivity contribution in [3.63, 3.8) is 0 Å². The van der Waals surface area contributed by atoms with Gasteiger partial charge in [-0.05, 0) is 122 Å². The number of benzene rings is 4. The number of thioether (sulfide) groups is 1. The zero-order chi connectivity index (χ0) is 59.0. The fraction of sp³-hybridized carbons (Fsp3) is 0.350. The van der Waals surface area contributed by atoms with Crippen LogP contribution in [0, 0.1) is 21.4 Å². The average molecular weight is 1200 g/mol. The lowest BCUT2D eigenvalue weighted by molar-refractivity contribution is -0.384. The number of anilines is 2. The third-order valence-electron chi connectivity index (χ3n) is 16.3. The number of nitrogens with one attached hydrogen (secondary N) is 4. The second kappa shape index (κ2) is 23.9. The molecular weight excluding hydrogens is 1140 g/mol. The molecule has 6 heterocycles. The van der Waals surface area contributed by atoms with Crippen LogP contribution in [-0.2, 0) is 24.4 Å². The van der Waals surface area contributed by atoms with Crippen LogP contribution in [0.4, 0.5) is 17.1 Å². The molecule has 3 saturated heterocycles. The number of allylic oxidation sites excluding steroid dienone is 1. The number of aromatic nitrogens is 2. The molecule has 84 heavy (non-hydrogen) atoms. The number of sulfonamides is 1. The monoisotopic (exact) mass is 1200 g/mol. The molecule has 436 valence electrons. The molecular formula is C60H61ClN10O11S2. The van der Waals surface area contributed by atoms with Crippen LogP contribution in [0.5, 0.6) is 11.5 Å². The maximum absolute atomic E-state index is 14.2. The van der Waals surface area contributed by atoms with E-state index in [4.69, 9.17) is 16.3 Å². The fourth-order valence-corrected chi connectivity index (χ4v) is 13.8. The number of amides is 6. The van der Waals surface area contributed by atoms with Crippen molar-refractivity contribution in [3.8, 4) is 11.5 Å². The van der Waals surface area contributed by atoms with Gasteiger partial charge in [0, 0.05) is 98.1 Å². The quantitative estimate of drug-likeness (QED) is 0.0288. The van der Waals surface area contributed by atoms with Crippen molar-refractivity contribution in [2.45, 2.75) is 74.6 Å². The molecule has 5 aliphatic rings. The van der Waals surface area contributed by atoms with Crippen molar-refractivity contribution in [1.82, 2.24) is 34.7 Å². The number of aromatic amines is 1. The molecule has 0 spiro atoms. The van der Waals surface area contributed by atoms with E-state index in [0.717, 1.165) is 72.7 Å².